The Bertz CT molecular complexity index is 811. The summed E-state index contributed by atoms with van der Waals surface area (Å²) in [5.74, 6) is 0.0633. The lowest BCUT2D eigenvalue weighted by Crippen LogP contribution is -2.31. The highest BCUT2D eigenvalue weighted by atomic mass is 16.3. The zero-order valence-corrected chi connectivity index (χ0v) is 11.5. The molecule has 1 atom stereocenters. The zero-order valence-electron chi connectivity index (χ0n) is 11.5. The van der Waals surface area contributed by atoms with E-state index < -0.39 is 6.04 Å². The van der Waals surface area contributed by atoms with Crippen LogP contribution in [0.4, 0.5) is 5.95 Å². The lowest BCUT2D eigenvalue weighted by Gasteiger charge is -2.31. The second-order valence-electron chi connectivity index (χ2n) is 5.39. The Balaban J connectivity index is 1.92. The van der Waals surface area contributed by atoms with Crippen LogP contribution < -0.4 is 5.32 Å². The second kappa shape index (κ2) is 4.55. The Morgan fingerprint density at radius 2 is 2.09 bits per heavy atom. The number of anilines is 1. The molecule has 1 aromatic heterocycles. The molecule has 0 bridgehead atoms. The number of fused-ring (bicyclic) bond motifs is 1. The standard InChI is InChI=1S/C14H13N5O3/c20-9-5-4-7(6-11(9)22)13-12-8(2-1-3-10(12)21)15-14-16-17-18-19(13)14/h4-6,13,20,22H,1-3H2,(H,15,16,18)/t13-/m1/s1. The summed E-state index contributed by atoms with van der Waals surface area (Å²) >= 11 is 0. The van der Waals surface area contributed by atoms with Crippen LogP contribution in [0.15, 0.2) is 29.5 Å². The Kier molecular flexibility index (Phi) is 2.65. The van der Waals surface area contributed by atoms with Gasteiger partial charge in [-0.2, -0.15) is 4.68 Å². The number of allylic oxidation sites excluding steroid dienone is 2. The number of phenols is 2. The van der Waals surface area contributed by atoms with Crippen LogP contribution >= 0.6 is 0 Å². The lowest BCUT2D eigenvalue weighted by molar-refractivity contribution is -0.116. The summed E-state index contributed by atoms with van der Waals surface area (Å²) in [6.07, 6.45) is 2.03. The average molecular weight is 299 g/mol. The number of aromatic hydroxyl groups is 2. The van der Waals surface area contributed by atoms with Gasteiger partial charge >= 0.3 is 0 Å². The molecule has 0 fully saturated rings. The number of ketones is 1. The van der Waals surface area contributed by atoms with E-state index in [9.17, 15) is 15.0 Å². The number of carbonyl (C=O) groups is 1. The quantitative estimate of drug-likeness (QED) is 0.676. The van der Waals surface area contributed by atoms with E-state index in [1.807, 2.05) is 0 Å². The highest BCUT2D eigenvalue weighted by Crippen LogP contribution is 2.40. The number of tetrazole rings is 1. The van der Waals surface area contributed by atoms with E-state index in [0.717, 1.165) is 18.5 Å². The van der Waals surface area contributed by atoms with Gasteiger partial charge in [-0.05, 0) is 41.0 Å². The van der Waals surface area contributed by atoms with Crippen LogP contribution in [0.2, 0.25) is 0 Å². The average Bonchev–Trinajstić information content (AvgIpc) is 2.96. The molecule has 112 valence electrons. The molecule has 0 saturated carbocycles. The summed E-state index contributed by atoms with van der Waals surface area (Å²) < 4.78 is 1.52. The Morgan fingerprint density at radius 1 is 1.23 bits per heavy atom. The molecule has 0 spiro atoms. The van der Waals surface area contributed by atoms with Crippen molar-refractivity contribution in [1.82, 2.24) is 20.2 Å². The van der Waals surface area contributed by atoms with E-state index in [1.165, 1.54) is 16.8 Å². The monoisotopic (exact) mass is 299 g/mol. The first kappa shape index (κ1) is 12.8. The molecule has 1 aliphatic carbocycles. The molecule has 2 aliphatic rings. The molecule has 0 unspecified atom stereocenters. The van der Waals surface area contributed by atoms with E-state index in [0.29, 0.717) is 23.5 Å². The zero-order chi connectivity index (χ0) is 15.3. The molecular weight excluding hydrogens is 286 g/mol. The van der Waals surface area contributed by atoms with E-state index in [-0.39, 0.29) is 17.3 Å². The molecule has 0 amide bonds. The van der Waals surface area contributed by atoms with Crippen LogP contribution in [0.1, 0.15) is 30.9 Å². The van der Waals surface area contributed by atoms with Crippen molar-refractivity contribution in [2.45, 2.75) is 25.3 Å². The fourth-order valence-corrected chi connectivity index (χ4v) is 3.04. The van der Waals surface area contributed by atoms with Gasteiger partial charge in [-0.25, -0.2) is 0 Å². The third-order valence-electron chi connectivity index (χ3n) is 4.04. The Labute approximate surface area is 125 Å². The first-order valence-electron chi connectivity index (χ1n) is 6.98. The number of hydrogen-bond acceptors (Lipinski definition) is 7. The predicted molar refractivity (Wildman–Crippen MR) is 75.2 cm³/mol. The number of nitrogens with one attached hydrogen (secondary N) is 1. The topological polar surface area (TPSA) is 113 Å². The number of nitrogens with zero attached hydrogens (tertiary/aromatic N) is 4. The number of benzene rings is 1. The fourth-order valence-electron chi connectivity index (χ4n) is 3.04. The fraction of sp³-hybridized carbons (Fsp3) is 0.286. The number of rotatable bonds is 1. The maximum absolute atomic E-state index is 12.4. The Morgan fingerprint density at radius 3 is 2.91 bits per heavy atom. The summed E-state index contributed by atoms with van der Waals surface area (Å²) in [4.78, 5) is 12.4. The molecule has 8 heteroatoms. The number of hydrogen-bond donors (Lipinski definition) is 3. The van der Waals surface area contributed by atoms with Crippen molar-refractivity contribution in [3.05, 3.63) is 35.0 Å². The van der Waals surface area contributed by atoms with Gasteiger partial charge in [0.1, 0.15) is 6.04 Å². The molecular formula is C14H13N5O3. The molecule has 0 radical (unpaired) electrons. The van der Waals surface area contributed by atoms with Crippen LogP contribution in [-0.4, -0.2) is 36.2 Å². The van der Waals surface area contributed by atoms with Gasteiger partial charge in [0, 0.05) is 17.7 Å². The Hall–Kier alpha value is -2.90. The third-order valence-corrected chi connectivity index (χ3v) is 4.04. The van der Waals surface area contributed by atoms with Crippen LogP contribution in [-0.2, 0) is 4.79 Å². The SMILES string of the molecule is O=C1CCCC2=C1[C@@H](c1ccc(O)c(O)c1)n1nnnc1N2. The highest BCUT2D eigenvalue weighted by molar-refractivity contribution is 5.99. The maximum atomic E-state index is 12.4. The van der Waals surface area contributed by atoms with Gasteiger partial charge in [0.25, 0.3) is 0 Å². The van der Waals surface area contributed by atoms with Crippen LogP contribution in [0.3, 0.4) is 0 Å². The second-order valence-corrected chi connectivity index (χ2v) is 5.39. The molecule has 3 N–H and O–H groups in total. The van der Waals surface area contributed by atoms with Crippen LogP contribution in [0.5, 0.6) is 11.5 Å². The molecule has 22 heavy (non-hydrogen) atoms. The van der Waals surface area contributed by atoms with Crippen molar-refractivity contribution in [3.8, 4) is 11.5 Å². The highest BCUT2D eigenvalue weighted by Gasteiger charge is 2.36. The molecule has 8 nitrogen and oxygen atoms in total. The van der Waals surface area contributed by atoms with Gasteiger partial charge in [-0.15, -0.1) is 0 Å². The minimum atomic E-state index is -0.499. The van der Waals surface area contributed by atoms with Gasteiger partial charge < -0.3 is 15.5 Å². The van der Waals surface area contributed by atoms with Crippen LogP contribution in [0, 0.1) is 0 Å². The van der Waals surface area contributed by atoms with Gasteiger partial charge in [0.05, 0.1) is 0 Å². The normalized spacial score (nSPS) is 20.4. The summed E-state index contributed by atoms with van der Waals surface area (Å²) in [6, 6.07) is 3.98. The molecule has 2 heterocycles. The van der Waals surface area contributed by atoms with Crippen molar-refractivity contribution in [1.29, 1.82) is 0 Å². The van der Waals surface area contributed by atoms with Crippen molar-refractivity contribution in [3.63, 3.8) is 0 Å². The summed E-state index contributed by atoms with van der Waals surface area (Å²) in [5, 5.41) is 33.9. The van der Waals surface area contributed by atoms with Crippen molar-refractivity contribution in [2.24, 2.45) is 0 Å². The van der Waals surface area contributed by atoms with Crippen molar-refractivity contribution in [2.75, 3.05) is 5.32 Å². The largest absolute Gasteiger partial charge is 0.504 e. The van der Waals surface area contributed by atoms with E-state index in [4.69, 9.17) is 0 Å². The lowest BCUT2D eigenvalue weighted by atomic mass is 9.85. The first-order valence-corrected chi connectivity index (χ1v) is 6.98. The van der Waals surface area contributed by atoms with Gasteiger partial charge in [0.15, 0.2) is 17.3 Å². The molecule has 1 aromatic carbocycles. The number of Topliss-reactive ketones (excluding diaryl/α,β-unsaturated/α-hetero) is 1. The number of carbonyl (C=O) groups excluding carboxylic acids is 1. The minimum absolute atomic E-state index is 0.0486. The number of aromatic nitrogens is 4. The number of phenolic OH excluding ortho intramolecular Hbond substituents is 2. The van der Waals surface area contributed by atoms with Crippen molar-refractivity contribution >= 4 is 11.7 Å². The smallest absolute Gasteiger partial charge is 0.248 e. The molecule has 1 aliphatic heterocycles. The van der Waals surface area contributed by atoms with Crippen LogP contribution in [0.25, 0.3) is 0 Å². The molecule has 4 rings (SSSR count). The minimum Gasteiger partial charge on any atom is -0.504 e. The summed E-state index contributed by atoms with van der Waals surface area (Å²) in [5.41, 5.74) is 2.10. The predicted octanol–water partition coefficient (Wildman–Crippen LogP) is 1.11. The van der Waals surface area contributed by atoms with E-state index in [2.05, 4.69) is 20.8 Å². The third kappa shape index (κ3) is 1.77. The molecule has 2 aromatic rings. The van der Waals surface area contributed by atoms with E-state index in [1.54, 1.807) is 6.07 Å². The summed E-state index contributed by atoms with van der Waals surface area (Å²) in [6.45, 7) is 0. The summed E-state index contributed by atoms with van der Waals surface area (Å²) in [7, 11) is 0. The van der Waals surface area contributed by atoms with Crippen molar-refractivity contribution < 1.29 is 15.0 Å². The maximum Gasteiger partial charge on any atom is 0.248 e. The van der Waals surface area contributed by atoms with Gasteiger partial charge in [-0.1, -0.05) is 11.2 Å². The first-order chi connectivity index (χ1) is 10.6. The van der Waals surface area contributed by atoms with Gasteiger partial charge in [-0.3, -0.25) is 4.79 Å². The van der Waals surface area contributed by atoms with Gasteiger partial charge in [0.2, 0.25) is 5.95 Å². The molecule has 0 saturated heterocycles. The van der Waals surface area contributed by atoms with E-state index >= 15 is 0 Å².